The minimum Gasteiger partial charge on any atom is -0.469 e. The molecule has 0 aromatic carbocycles. The van der Waals surface area contributed by atoms with Crippen LogP contribution in [0, 0.1) is 0 Å². The number of esters is 1. The van der Waals surface area contributed by atoms with Gasteiger partial charge in [0, 0.05) is 12.8 Å². The summed E-state index contributed by atoms with van der Waals surface area (Å²) < 4.78 is 25.1. The van der Waals surface area contributed by atoms with Gasteiger partial charge < -0.3 is 4.74 Å². The van der Waals surface area contributed by atoms with E-state index in [0.717, 1.165) is 14.2 Å². The van der Waals surface area contributed by atoms with Gasteiger partial charge in [0.05, 0.1) is 21.3 Å². The molecule has 0 fully saturated rings. The number of Topliss-reactive ketones (excluding diaryl/α,β-unsaturated/α-hetero) is 1. The van der Waals surface area contributed by atoms with E-state index >= 15 is 0 Å². The van der Waals surface area contributed by atoms with Gasteiger partial charge in [-0.2, -0.15) is 0 Å². The van der Waals surface area contributed by atoms with E-state index in [0.29, 0.717) is 12.8 Å². The smallest absolute Gasteiger partial charge is 0.391 e. The molecule has 0 aromatic rings. The summed E-state index contributed by atoms with van der Waals surface area (Å²) in [6, 6.07) is 0. The van der Waals surface area contributed by atoms with Crippen LogP contribution in [0.4, 0.5) is 0 Å². The van der Waals surface area contributed by atoms with Gasteiger partial charge in [-0.1, -0.05) is 0 Å². The lowest BCUT2D eigenvalue weighted by atomic mass is 10.1. The zero-order chi connectivity index (χ0) is 14.7. The van der Waals surface area contributed by atoms with Crippen molar-refractivity contribution in [2.75, 3.05) is 27.5 Å². The lowest BCUT2D eigenvalue weighted by Crippen LogP contribution is -2.09. The molecule has 0 aliphatic carbocycles. The predicted molar refractivity (Wildman–Crippen MR) is 64.2 cm³/mol. The first-order chi connectivity index (χ1) is 8.97. The van der Waals surface area contributed by atoms with Crippen molar-refractivity contribution >= 4 is 19.3 Å². The number of hydrogen-bond acceptors (Lipinski definition) is 8. The first-order valence-electron chi connectivity index (χ1n) is 5.60. The normalized spacial score (nSPS) is 11.3. The average molecular weight is 298 g/mol. The average Bonchev–Trinajstić information content (AvgIpc) is 2.34. The van der Waals surface area contributed by atoms with Crippen LogP contribution in [-0.4, -0.2) is 39.2 Å². The molecule has 0 unspecified atom stereocenters. The highest BCUT2D eigenvalue weighted by atomic mass is 31.2. The zero-order valence-electron chi connectivity index (χ0n) is 11.2. The summed E-state index contributed by atoms with van der Waals surface area (Å²) in [7, 11) is -0.144. The maximum Gasteiger partial charge on any atom is 0.391 e. The van der Waals surface area contributed by atoms with Crippen LogP contribution < -0.4 is 0 Å². The van der Waals surface area contributed by atoms with E-state index in [4.69, 9.17) is 0 Å². The second-order valence-corrected chi connectivity index (χ2v) is 5.41. The quantitative estimate of drug-likeness (QED) is 0.187. The minimum absolute atomic E-state index is 0.154. The van der Waals surface area contributed by atoms with Crippen LogP contribution in [0.25, 0.3) is 0 Å². The first-order valence-corrected chi connectivity index (χ1v) is 7.32. The molecule has 9 heteroatoms. The van der Waals surface area contributed by atoms with Crippen molar-refractivity contribution in [3.63, 3.8) is 0 Å². The number of carbonyl (C=O) groups is 2. The second kappa shape index (κ2) is 10.1. The fourth-order valence-corrected chi connectivity index (χ4v) is 2.46. The number of methoxy groups -OCH3 is 1. The summed E-state index contributed by atoms with van der Waals surface area (Å²) in [5, 5.41) is 0. The Bertz CT molecular complexity index is 319. The Balaban J connectivity index is 4.00. The molecule has 0 amide bonds. The highest BCUT2D eigenvalue weighted by molar-refractivity contribution is 7.54. The molecule has 112 valence electrons. The molecular formula is C10H19O8P. The summed E-state index contributed by atoms with van der Waals surface area (Å²) >= 11 is 0. The highest BCUT2D eigenvalue weighted by Crippen LogP contribution is 2.48. The third-order valence-electron chi connectivity index (χ3n) is 2.06. The molecular weight excluding hydrogens is 279 g/mol. The number of carbonyl (C=O) groups excluding carboxylic acids is 2. The summed E-state index contributed by atoms with van der Waals surface area (Å²) in [6.07, 6.45) is 0.936. The lowest BCUT2D eigenvalue weighted by molar-refractivity contribution is -0.241. The van der Waals surface area contributed by atoms with Crippen LogP contribution in [0.3, 0.4) is 0 Å². The van der Waals surface area contributed by atoms with Crippen molar-refractivity contribution in [2.24, 2.45) is 0 Å². The molecule has 0 saturated carbocycles. The number of hydrogen-bond donors (Lipinski definition) is 0. The van der Waals surface area contributed by atoms with Gasteiger partial charge in [-0.3, -0.25) is 14.2 Å². The van der Waals surface area contributed by atoms with Gasteiger partial charge in [-0.25, -0.2) is 9.78 Å². The summed E-state index contributed by atoms with van der Waals surface area (Å²) in [4.78, 5) is 30.9. The number of unbranched alkanes of at least 4 members (excludes halogenated alkanes) is 1. The Morgan fingerprint density at radius 2 is 1.47 bits per heavy atom. The summed E-state index contributed by atoms with van der Waals surface area (Å²) in [5.74, 6) is -0.661. The maximum absolute atomic E-state index is 11.8. The van der Waals surface area contributed by atoms with E-state index < -0.39 is 13.8 Å². The Labute approximate surface area is 111 Å². The number of ether oxygens (including phenoxy) is 1. The van der Waals surface area contributed by atoms with Crippen LogP contribution in [0.15, 0.2) is 0 Å². The zero-order valence-corrected chi connectivity index (χ0v) is 12.1. The molecule has 19 heavy (non-hydrogen) atoms. The van der Waals surface area contributed by atoms with Crippen molar-refractivity contribution in [2.45, 2.75) is 25.7 Å². The maximum atomic E-state index is 11.8. The molecule has 0 rings (SSSR count). The van der Waals surface area contributed by atoms with E-state index in [1.807, 2.05) is 0 Å². The van der Waals surface area contributed by atoms with Gasteiger partial charge in [0.15, 0.2) is 0 Å². The Kier molecular flexibility index (Phi) is 9.63. The molecule has 0 radical (unpaired) electrons. The first kappa shape index (κ1) is 18.2. The van der Waals surface area contributed by atoms with Gasteiger partial charge >= 0.3 is 13.6 Å². The topological polar surface area (TPSA) is 97.4 Å². The van der Waals surface area contributed by atoms with Crippen molar-refractivity contribution < 1.29 is 38.0 Å². The minimum atomic E-state index is -3.73. The summed E-state index contributed by atoms with van der Waals surface area (Å²) in [6.45, 7) is 0. The molecule has 0 bridgehead atoms. The van der Waals surface area contributed by atoms with Crippen molar-refractivity contribution in [1.82, 2.24) is 0 Å². The number of rotatable bonds is 11. The highest BCUT2D eigenvalue weighted by Gasteiger charge is 2.30. The monoisotopic (exact) mass is 298 g/mol. The third kappa shape index (κ3) is 8.85. The largest absolute Gasteiger partial charge is 0.469 e. The molecule has 0 N–H and O–H groups in total. The third-order valence-corrected chi connectivity index (χ3v) is 3.55. The second-order valence-electron chi connectivity index (χ2n) is 3.57. The predicted octanol–water partition coefficient (Wildman–Crippen LogP) is 1.64. The fourth-order valence-electron chi connectivity index (χ4n) is 1.28. The van der Waals surface area contributed by atoms with Crippen LogP contribution in [-0.2, 0) is 38.0 Å². The van der Waals surface area contributed by atoms with E-state index in [9.17, 15) is 14.2 Å². The van der Waals surface area contributed by atoms with Gasteiger partial charge in [0.25, 0.3) is 0 Å². The fraction of sp³-hybridized carbons (Fsp3) is 0.800. The van der Waals surface area contributed by atoms with Gasteiger partial charge in [0.2, 0.25) is 0 Å². The van der Waals surface area contributed by atoms with Crippen molar-refractivity contribution in [1.29, 1.82) is 0 Å². The molecule has 0 spiro atoms. The molecule has 8 nitrogen and oxygen atoms in total. The molecule has 0 aliphatic rings. The molecule has 0 heterocycles. The van der Waals surface area contributed by atoms with Gasteiger partial charge in [0.1, 0.15) is 11.9 Å². The summed E-state index contributed by atoms with van der Waals surface area (Å²) in [5.41, 5.74) is 0. The van der Waals surface area contributed by atoms with Crippen LogP contribution in [0.2, 0.25) is 0 Å². The van der Waals surface area contributed by atoms with E-state index in [1.165, 1.54) is 7.11 Å². The number of ketones is 1. The standard InChI is InChI=1S/C10H19O8P/c1-14-10(12)7-5-4-6-9(11)8-19(13,17-15-2)18-16-3/h4-8H2,1-3H3. The van der Waals surface area contributed by atoms with Crippen molar-refractivity contribution in [3.05, 3.63) is 0 Å². The molecule has 0 aromatic heterocycles. The SMILES string of the molecule is COOP(=O)(CC(=O)CCCCC(=O)OC)OOC. The van der Waals surface area contributed by atoms with Gasteiger partial charge in [-0.05, 0) is 12.8 Å². The Morgan fingerprint density at radius 3 is 1.95 bits per heavy atom. The van der Waals surface area contributed by atoms with Gasteiger partial charge in [-0.15, -0.1) is 9.35 Å². The van der Waals surface area contributed by atoms with E-state index in [-0.39, 0.29) is 24.6 Å². The van der Waals surface area contributed by atoms with E-state index in [2.05, 4.69) is 23.9 Å². The van der Waals surface area contributed by atoms with E-state index in [1.54, 1.807) is 0 Å². The molecule has 0 atom stereocenters. The van der Waals surface area contributed by atoms with Crippen LogP contribution in [0.5, 0.6) is 0 Å². The lowest BCUT2D eigenvalue weighted by Gasteiger charge is -2.12. The van der Waals surface area contributed by atoms with Crippen molar-refractivity contribution in [3.8, 4) is 0 Å². The van der Waals surface area contributed by atoms with Crippen LogP contribution in [0.1, 0.15) is 25.7 Å². The molecule has 0 aliphatic heterocycles. The molecule has 0 saturated heterocycles. The van der Waals surface area contributed by atoms with Crippen LogP contribution >= 0.6 is 7.60 Å². The Hall–Kier alpha value is -0.790. The Morgan fingerprint density at radius 1 is 0.947 bits per heavy atom.